The Morgan fingerprint density at radius 2 is 2.14 bits per heavy atom. The second kappa shape index (κ2) is 6.66. The van der Waals surface area contributed by atoms with Crippen LogP contribution in [0, 0.1) is 0 Å². The molecule has 0 unspecified atom stereocenters. The van der Waals surface area contributed by atoms with Crippen LogP contribution in [-0.2, 0) is 12.6 Å². The van der Waals surface area contributed by atoms with Gasteiger partial charge < -0.3 is 5.32 Å². The third-order valence-electron chi connectivity index (χ3n) is 2.66. The molecule has 0 aromatic carbocycles. The Kier molecular flexibility index (Phi) is 4.89. The van der Waals surface area contributed by atoms with E-state index in [0.717, 1.165) is 23.7 Å². The number of aryl methyl sites for hydroxylation is 1. The quantitative estimate of drug-likeness (QED) is 0.863. The van der Waals surface area contributed by atoms with E-state index >= 15 is 0 Å². The van der Waals surface area contributed by atoms with E-state index in [9.17, 15) is 18.0 Å². The van der Waals surface area contributed by atoms with Crippen LogP contribution in [0.25, 0.3) is 0 Å². The lowest BCUT2D eigenvalue weighted by Gasteiger charge is -2.08. The molecule has 21 heavy (non-hydrogen) atoms. The van der Waals surface area contributed by atoms with Crippen molar-refractivity contribution in [2.24, 2.45) is 0 Å². The Morgan fingerprint density at radius 3 is 2.81 bits per heavy atom. The van der Waals surface area contributed by atoms with E-state index in [4.69, 9.17) is 0 Å². The highest BCUT2D eigenvalue weighted by Crippen LogP contribution is 2.28. The largest absolute Gasteiger partial charge is 0.417 e. The number of pyridine rings is 1. The molecule has 0 aliphatic heterocycles. The molecule has 112 valence electrons. The van der Waals surface area contributed by atoms with E-state index in [-0.39, 0.29) is 5.56 Å². The summed E-state index contributed by atoms with van der Waals surface area (Å²) in [7, 11) is 0. The molecule has 2 rings (SSSR count). The fraction of sp³-hybridized carbons (Fsp3) is 0.308. The van der Waals surface area contributed by atoms with Gasteiger partial charge in [-0.3, -0.25) is 9.78 Å². The summed E-state index contributed by atoms with van der Waals surface area (Å²) < 4.78 is 37.6. The summed E-state index contributed by atoms with van der Waals surface area (Å²) in [5.41, 5.74) is -1.03. The first kappa shape index (κ1) is 15.4. The molecule has 0 spiro atoms. The SMILES string of the molecule is O=C(NCCCc1nccs1)c1cncc(C(F)(F)F)c1. The minimum absolute atomic E-state index is 0.0981. The fourth-order valence-electron chi connectivity index (χ4n) is 1.64. The van der Waals surface area contributed by atoms with Gasteiger partial charge in [-0.2, -0.15) is 13.2 Å². The van der Waals surface area contributed by atoms with Gasteiger partial charge in [0.1, 0.15) is 0 Å². The highest BCUT2D eigenvalue weighted by atomic mass is 32.1. The predicted molar refractivity (Wildman–Crippen MR) is 72.0 cm³/mol. The topological polar surface area (TPSA) is 54.9 Å². The van der Waals surface area contributed by atoms with Crippen LogP contribution in [0.3, 0.4) is 0 Å². The molecule has 1 N–H and O–H groups in total. The van der Waals surface area contributed by atoms with Crippen molar-refractivity contribution in [1.29, 1.82) is 0 Å². The number of nitrogens with zero attached hydrogens (tertiary/aromatic N) is 2. The first-order valence-corrected chi connectivity index (χ1v) is 7.03. The number of aromatic nitrogens is 2. The third-order valence-corrected chi connectivity index (χ3v) is 3.50. The predicted octanol–water partition coefficient (Wildman–Crippen LogP) is 2.92. The molecule has 8 heteroatoms. The van der Waals surface area contributed by atoms with Crippen LogP contribution in [0.2, 0.25) is 0 Å². The number of alkyl halides is 3. The van der Waals surface area contributed by atoms with E-state index in [1.165, 1.54) is 11.3 Å². The van der Waals surface area contributed by atoms with Crippen molar-refractivity contribution in [2.75, 3.05) is 6.54 Å². The second-order valence-corrected chi connectivity index (χ2v) is 5.22. The van der Waals surface area contributed by atoms with Crippen LogP contribution in [0.5, 0.6) is 0 Å². The first-order valence-electron chi connectivity index (χ1n) is 6.15. The molecule has 0 aliphatic carbocycles. The summed E-state index contributed by atoms with van der Waals surface area (Å²) in [6, 6.07) is 0.795. The number of carbonyl (C=O) groups excluding carboxylic acids is 1. The highest BCUT2D eigenvalue weighted by molar-refractivity contribution is 7.09. The minimum Gasteiger partial charge on any atom is -0.352 e. The second-order valence-electron chi connectivity index (χ2n) is 4.25. The van der Waals surface area contributed by atoms with Crippen molar-refractivity contribution in [3.63, 3.8) is 0 Å². The summed E-state index contributed by atoms with van der Waals surface area (Å²) >= 11 is 1.52. The average Bonchev–Trinajstić information content (AvgIpc) is 2.96. The lowest BCUT2D eigenvalue weighted by molar-refractivity contribution is -0.137. The maximum absolute atomic E-state index is 12.5. The third kappa shape index (κ3) is 4.52. The smallest absolute Gasteiger partial charge is 0.352 e. The Balaban J connectivity index is 1.85. The minimum atomic E-state index is -4.51. The van der Waals surface area contributed by atoms with E-state index < -0.39 is 17.6 Å². The van der Waals surface area contributed by atoms with Gasteiger partial charge in [-0.1, -0.05) is 0 Å². The monoisotopic (exact) mass is 315 g/mol. The zero-order chi connectivity index (χ0) is 15.3. The highest BCUT2D eigenvalue weighted by Gasteiger charge is 2.31. The maximum atomic E-state index is 12.5. The summed E-state index contributed by atoms with van der Waals surface area (Å²) in [4.78, 5) is 19.3. The molecular formula is C13H12F3N3OS. The fourth-order valence-corrected chi connectivity index (χ4v) is 2.30. The standard InChI is InChI=1S/C13H12F3N3OS/c14-13(15,16)10-6-9(7-17-8-10)12(20)19-3-1-2-11-18-4-5-21-11/h4-8H,1-3H2,(H,19,20). The number of halogens is 3. The molecule has 2 aromatic rings. The van der Waals surface area contributed by atoms with Crippen LogP contribution in [0.15, 0.2) is 30.0 Å². The van der Waals surface area contributed by atoms with Crippen LogP contribution in [0.4, 0.5) is 13.2 Å². The average molecular weight is 315 g/mol. The molecule has 0 saturated carbocycles. The van der Waals surface area contributed by atoms with E-state index in [0.29, 0.717) is 19.2 Å². The lowest BCUT2D eigenvalue weighted by atomic mass is 10.2. The number of nitrogens with one attached hydrogen (secondary N) is 1. The lowest BCUT2D eigenvalue weighted by Crippen LogP contribution is -2.25. The molecule has 0 fully saturated rings. The van der Waals surface area contributed by atoms with E-state index in [1.807, 2.05) is 5.38 Å². The summed E-state index contributed by atoms with van der Waals surface area (Å²) in [5, 5.41) is 5.40. The molecule has 0 atom stereocenters. The van der Waals surface area contributed by atoms with E-state index in [1.54, 1.807) is 6.20 Å². The summed E-state index contributed by atoms with van der Waals surface area (Å²) in [6.45, 7) is 0.370. The number of thiazole rings is 1. The molecule has 4 nitrogen and oxygen atoms in total. The van der Waals surface area contributed by atoms with Crippen LogP contribution in [0.1, 0.15) is 27.3 Å². The van der Waals surface area contributed by atoms with Gasteiger partial charge in [-0.25, -0.2) is 4.98 Å². The molecule has 2 heterocycles. The number of hydrogen-bond acceptors (Lipinski definition) is 4. The Morgan fingerprint density at radius 1 is 1.33 bits per heavy atom. The van der Waals surface area contributed by atoms with Gasteiger partial charge in [0.2, 0.25) is 0 Å². The Hall–Kier alpha value is -1.96. The number of hydrogen-bond donors (Lipinski definition) is 1. The maximum Gasteiger partial charge on any atom is 0.417 e. The molecule has 0 bridgehead atoms. The number of amides is 1. The zero-order valence-corrected chi connectivity index (χ0v) is 11.7. The number of carbonyl (C=O) groups is 1. The van der Waals surface area contributed by atoms with Crippen molar-refractivity contribution in [3.05, 3.63) is 46.2 Å². The van der Waals surface area contributed by atoms with Gasteiger partial charge in [-0.05, 0) is 12.5 Å². The normalized spacial score (nSPS) is 11.4. The molecule has 0 radical (unpaired) electrons. The zero-order valence-electron chi connectivity index (χ0n) is 10.9. The van der Waals surface area contributed by atoms with Crippen molar-refractivity contribution < 1.29 is 18.0 Å². The van der Waals surface area contributed by atoms with Gasteiger partial charge in [0.05, 0.1) is 16.1 Å². The van der Waals surface area contributed by atoms with Crippen LogP contribution >= 0.6 is 11.3 Å². The van der Waals surface area contributed by atoms with Crippen molar-refractivity contribution >= 4 is 17.2 Å². The van der Waals surface area contributed by atoms with Gasteiger partial charge in [0, 0.05) is 36.9 Å². The summed E-state index contributed by atoms with van der Waals surface area (Å²) in [5.74, 6) is -0.562. The molecule has 0 saturated heterocycles. The van der Waals surface area contributed by atoms with Crippen LogP contribution < -0.4 is 5.32 Å². The number of rotatable bonds is 5. The first-order chi connectivity index (χ1) is 9.97. The summed E-state index contributed by atoms with van der Waals surface area (Å²) in [6.07, 6.45) is 0.399. The molecule has 0 aliphatic rings. The van der Waals surface area contributed by atoms with Crippen molar-refractivity contribution in [3.8, 4) is 0 Å². The Labute approximate surface area is 123 Å². The van der Waals surface area contributed by atoms with Crippen molar-refractivity contribution in [2.45, 2.75) is 19.0 Å². The van der Waals surface area contributed by atoms with Gasteiger partial charge in [0.15, 0.2) is 0 Å². The molecule has 1 amide bonds. The van der Waals surface area contributed by atoms with Crippen molar-refractivity contribution in [1.82, 2.24) is 15.3 Å². The van der Waals surface area contributed by atoms with Gasteiger partial charge in [0.25, 0.3) is 5.91 Å². The molecular weight excluding hydrogens is 303 g/mol. The van der Waals surface area contributed by atoms with Gasteiger partial charge >= 0.3 is 6.18 Å². The van der Waals surface area contributed by atoms with Gasteiger partial charge in [-0.15, -0.1) is 11.3 Å². The molecule has 2 aromatic heterocycles. The van der Waals surface area contributed by atoms with Crippen LogP contribution in [-0.4, -0.2) is 22.4 Å². The van der Waals surface area contributed by atoms with E-state index in [2.05, 4.69) is 15.3 Å². The Bertz CT molecular complexity index is 599.